The highest BCUT2D eigenvalue weighted by atomic mass is 32.2. The molecule has 1 aromatic rings. The van der Waals surface area contributed by atoms with Gasteiger partial charge in [-0.1, -0.05) is 13.8 Å². The van der Waals surface area contributed by atoms with E-state index in [0.717, 1.165) is 0 Å². The number of rotatable bonds is 7. The van der Waals surface area contributed by atoms with E-state index in [9.17, 15) is 12.8 Å². The zero-order valence-corrected chi connectivity index (χ0v) is 13.6. The standard InChI is InChI=1S/C14H23FN2O3S/c1-9(2)7-11(8-16)17-21(18,19)13-6-5-12(20-4)14(15)10(13)3/h5-6,9,11,17H,7-8,16H2,1-4H3. The Kier molecular flexibility index (Phi) is 6.12. The van der Waals surface area contributed by atoms with Crippen LogP contribution in [0.25, 0.3) is 0 Å². The summed E-state index contributed by atoms with van der Waals surface area (Å²) in [5.41, 5.74) is 5.63. The first-order valence-corrected chi connectivity index (χ1v) is 8.26. The van der Waals surface area contributed by atoms with Crippen molar-refractivity contribution in [1.82, 2.24) is 4.72 Å². The second-order valence-electron chi connectivity index (χ2n) is 5.39. The Bertz CT molecular complexity index is 588. The normalized spacial score (nSPS) is 13.5. The van der Waals surface area contributed by atoms with E-state index in [2.05, 4.69) is 4.72 Å². The van der Waals surface area contributed by atoms with Gasteiger partial charge in [0.15, 0.2) is 11.6 Å². The lowest BCUT2D eigenvalue weighted by Crippen LogP contribution is -2.41. The summed E-state index contributed by atoms with van der Waals surface area (Å²) in [7, 11) is -2.49. The van der Waals surface area contributed by atoms with Gasteiger partial charge in [0.1, 0.15) is 0 Å². The molecule has 0 saturated carbocycles. The van der Waals surface area contributed by atoms with E-state index in [1.54, 1.807) is 0 Å². The minimum Gasteiger partial charge on any atom is -0.494 e. The van der Waals surface area contributed by atoms with Crippen LogP contribution in [0, 0.1) is 18.7 Å². The van der Waals surface area contributed by atoms with Gasteiger partial charge in [0.05, 0.1) is 12.0 Å². The topological polar surface area (TPSA) is 81.4 Å². The molecular weight excluding hydrogens is 295 g/mol. The van der Waals surface area contributed by atoms with Crippen molar-refractivity contribution in [1.29, 1.82) is 0 Å². The van der Waals surface area contributed by atoms with Crippen molar-refractivity contribution in [3.63, 3.8) is 0 Å². The highest BCUT2D eigenvalue weighted by Crippen LogP contribution is 2.26. The molecule has 1 unspecified atom stereocenters. The van der Waals surface area contributed by atoms with Gasteiger partial charge in [0, 0.05) is 18.2 Å². The molecule has 0 amide bonds. The van der Waals surface area contributed by atoms with Gasteiger partial charge in [-0.25, -0.2) is 17.5 Å². The van der Waals surface area contributed by atoms with Crippen molar-refractivity contribution in [2.24, 2.45) is 11.7 Å². The predicted octanol–water partition coefficient (Wildman–Crippen LogP) is 1.79. The number of nitrogens with two attached hydrogens (primary N) is 1. The molecule has 0 fully saturated rings. The highest BCUT2D eigenvalue weighted by molar-refractivity contribution is 7.89. The van der Waals surface area contributed by atoms with E-state index in [1.165, 1.54) is 26.2 Å². The Hall–Kier alpha value is -1.18. The second-order valence-corrected chi connectivity index (χ2v) is 7.07. The van der Waals surface area contributed by atoms with Crippen LogP contribution in [0.4, 0.5) is 4.39 Å². The first-order valence-electron chi connectivity index (χ1n) is 6.78. The SMILES string of the molecule is COc1ccc(S(=O)(=O)NC(CN)CC(C)C)c(C)c1F. The maximum Gasteiger partial charge on any atom is 0.241 e. The van der Waals surface area contributed by atoms with Crippen LogP contribution in [0.3, 0.4) is 0 Å². The van der Waals surface area contributed by atoms with E-state index in [0.29, 0.717) is 12.3 Å². The third-order valence-electron chi connectivity index (χ3n) is 3.17. The molecule has 1 aromatic carbocycles. The molecule has 120 valence electrons. The van der Waals surface area contributed by atoms with Crippen molar-refractivity contribution < 1.29 is 17.5 Å². The molecule has 0 aliphatic rings. The van der Waals surface area contributed by atoms with E-state index in [1.807, 2.05) is 13.8 Å². The van der Waals surface area contributed by atoms with Crippen LogP contribution >= 0.6 is 0 Å². The molecule has 0 radical (unpaired) electrons. The zero-order chi connectivity index (χ0) is 16.2. The summed E-state index contributed by atoms with van der Waals surface area (Å²) >= 11 is 0. The Labute approximate surface area is 125 Å². The third kappa shape index (κ3) is 4.39. The maximum atomic E-state index is 14.0. The van der Waals surface area contributed by atoms with Crippen molar-refractivity contribution in [2.45, 2.75) is 38.1 Å². The molecule has 5 nitrogen and oxygen atoms in total. The molecule has 0 heterocycles. The van der Waals surface area contributed by atoms with Crippen LogP contribution < -0.4 is 15.2 Å². The number of ether oxygens (including phenoxy) is 1. The Morgan fingerprint density at radius 1 is 1.38 bits per heavy atom. The lowest BCUT2D eigenvalue weighted by Gasteiger charge is -2.20. The summed E-state index contributed by atoms with van der Waals surface area (Å²) in [6.45, 7) is 5.56. The summed E-state index contributed by atoms with van der Waals surface area (Å²) < 4.78 is 46.1. The van der Waals surface area contributed by atoms with Gasteiger partial charge in [0.25, 0.3) is 0 Å². The summed E-state index contributed by atoms with van der Waals surface area (Å²) in [6, 6.07) is 2.26. The highest BCUT2D eigenvalue weighted by Gasteiger charge is 2.24. The van der Waals surface area contributed by atoms with Gasteiger partial charge < -0.3 is 10.5 Å². The number of sulfonamides is 1. The molecule has 0 aliphatic heterocycles. The third-order valence-corrected chi connectivity index (χ3v) is 4.84. The molecule has 0 spiro atoms. The van der Waals surface area contributed by atoms with E-state index in [4.69, 9.17) is 10.5 Å². The predicted molar refractivity (Wildman–Crippen MR) is 80.3 cm³/mol. The van der Waals surface area contributed by atoms with E-state index in [-0.39, 0.29) is 28.8 Å². The van der Waals surface area contributed by atoms with Crippen molar-refractivity contribution in [3.05, 3.63) is 23.5 Å². The summed E-state index contributed by atoms with van der Waals surface area (Å²) in [5.74, 6) is -0.354. The quantitative estimate of drug-likeness (QED) is 0.803. The number of hydrogen-bond donors (Lipinski definition) is 2. The molecule has 0 bridgehead atoms. The number of hydrogen-bond acceptors (Lipinski definition) is 4. The van der Waals surface area contributed by atoms with Crippen molar-refractivity contribution in [2.75, 3.05) is 13.7 Å². The van der Waals surface area contributed by atoms with Gasteiger partial charge in [0.2, 0.25) is 10.0 Å². The maximum absolute atomic E-state index is 14.0. The average molecular weight is 318 g/mol. The molecular formula is C14H23FN2O3S. The fourth-order valence-electron chi connectivity index (χ4n) is 2.14. The number of halogens is 1. The second kappa shape index (κ2) is 7.20. The first-order chi connectivity index (χ1) is 9.72. The van der Waals surface area contributed by atoms with Gasteiger partial charge in [-0.05, 0) is 31.4 Å². The largest absolute Gasteiger partial charge is 0.494 e. The molecule has 0 aromatic heterocycles. The zero-order valence-electron chi connectivity index (χ0n) is 12.8. The lowest BCUT2D eigenvalue weighted by atomic mass is 10.1. The smallest absolute Gasteiger partial charge is 0.241 e. The van der Waals surface area contributed by atoms with Gasteiger partial charge >= 0.3 is 0 Å². The number of nitrogens with one attached hydrogen (secondary N) is 1. The first kappa shape index (κ1) is 17.9. The molecule has 21 heavy (non-hydrogen) atoms. The summed E-state index contributed by atoms with van der Waals surface area (Å²) in [4.78, 5) is -0.0944. The Morgan fingerprint density at radius 2 is 2.00 bits per heavy atom. The number of methoxy groups -OCH3 is 1. The minimum atomic E-state index is -3.82. The molecule has 1 atom stereocenters. The van der Waals surface area contributed by atoms with Gasteiger partial charge in [-0.3, -0.25) is 0 Å². The molecule has 0 saturated heterocycles. The van der Waals surface area contributed by atoms with Crippen LogP contribution in [-0.4, -0.2) is 28.1 Å². The van der Waals surface area contributed by atoms with E-state index < -0.39 is 15.8 Å². The van der Waals surface area contributed by atoms with Crippen LogP contribution in [0.1, 0.15) is 25.8 Å². The molecule has 1 rings (SSSR count). The Morgan fingerprint density at radius 3 is 2.48 bits per heavy atom. The fraction of sp³-hybridized carbons (Fsp3) is 0.571. The van der Waals surface area contributed by atoms with Gasteiger partial charge in [-0.15, -0.1) is 0 Å². The number of benzene rings is 1. The van der Waals surface area contributed by atoms with Crippen molar-refractivity contribution >= 4 is 10.0 Å². The molecule has 3 N–H and O–H groups in total. The molecule has 0 aliphatic carbocycles. The lowest BCUT2D eigenvalue weighted by molar-refractivity contribution is 0.383. The molecule has 7 heteroatoms. The Balaban J connectivity index is 3.11. The van der Waals surface area contributed by atoms with Gasteiger partial charge in [-0.2, -0.15) is 0 Å². The summed E-state index contributed by atoms with van der Waals surface area (Å²) in [6.07, 6.45) is 0.618. The monoisotopic (exact) mass is 318 g/mol. The van der Waals surface area contributed by atoms with Crippen molar-refractivity contribution in [3.8, 4) is 5.75 Å². The van der Waals surface area contributed by atoms with Crippen LogP contribution in [0.15, 0.2) is 17.0 Å². The van der Waals surface area contributed by atoms with Crippen LogP contribution in [0.5, 0.6) is 5.75 Å². The van der Waals surface area contributed by atoms with Crippen LogP contribution in [0.2, 0.25) is 0 Å². The minimum absolute atomic E-state index is 0.0176. The average Bonchev–Trinajstić information content (AvgIpc) is 2.39. The van der Waals surface area contributed by atoms with Crippen LogP contribution in [-0.2, 0) is 10.0 Å². The van der Waals surface area contributed by atoms with E-state index >= 15 is 0 Å². The fourth-order valence-corrected chi connectivity index (χ4v) is 3.63. The summed E-state index contributed by atoms with van der Waals surface area (Å²) in [5, 5.41) is 0.